The second-order valence-electron chi connectivity index (χ2n) is 6.01. The number of nitrogens with zero attached hydrogens (tertiary/aromatic N) is 1. The van der Waals surface area contributed by atoms with Gasteiger partial charge in [0.25, 0.3) is 0 Å². The zero-order valence-electron chi connectivity index (χ0n) is 13.5. The molecule has 1 aliphatic rings. The van der Waals surface area contributed by atoms with E-state index in [0.717, 1.165) is 22.9 Å². The van der Waals surface area contributed by atoms with Crippen molar-refractivity contribution in [1.29, 1.82) is 0 Å². The predicted molar refractivity (Wildman–Crippen MR) is 91.0 cm³/mol. The van der Waals surface area contributed by atoms with E-state index >= 15 is 0 Å². The molecule has 2 aromatic carbocycles. The summed E-state index contributed by atoms with van der Waals surface area (Å²) in [5.74, 6) is -0.195. The molecule has 1 unspecified atom stereocenters. The summed E-state index contributed by atoms with van der Waals surface area (Å²) in [4.78, 5) is 24.8. The maximum absolute atomic E-state index is 12.2. The van der Waals surface area contributed by atoms with Gasteiger partial charge in [0.1, 0.15) is 11.8 Å². The summed E-state index contributed by atoms with van der Waals surface area (Å²) in [5.41, 5.74) is 0. The number of carboxylic acids is 1. The fourth-order valence-corrected chi connectivity index (χ4v) is 3.19. The van der Waals surface area contributed by atoms with E-state index < -0.39 is 12.0 Å². The van der Waals surface area contributed by atoms with Crippen molar-refractivity contribution in [2.24, 2.45) is 0 Å². The number of carbonyl (C=O) groups excluding carboxylic acids is 1. The number of ether oxygens (including phenoxy) is 1. The molecule has 1 atom stereocenters. The zero-order valence-corrected chi connectivity index (χ0v) is 13.5. The quantitative estimate of drug-likeness (QED) is 0.828. The molecule has 1 aliphatic heterocycles. The van der Waals surface area contributed by atoms with Gasteiger partial charge in [0.2, 0.25) is 5.91 Å². The Morgan fingerprint density at radius 3 is 2.79 bits per heavy atom. The molecule has 0 bridgehead atoms. The lowest BCUT2D eigenvalue weighted by Gasteiger charge is -2.21. The first-order valence-corrected chi connectivity index (χ1v) is 8.29. The van der Waals surface area contributed by atoms with Gasteiger partial charge in [-0.25, -0.2) is 4.79 Å². The lowest BCUT2D eigenvalue weighted by Crippen LogP contribution is -2.40. The van der Waals surface area contributed by atoms with Crippen LogP contribution in [-0.2, 0) is 9.59 Å². The van der Waals surface area contributed by atoms with Crippen LogP contribution in [0.4, 0.5) is 0 Å². The fourth-order valence-electron chi connectivity index (χ4n) is 3.19. The zero-order chi connectivity index (χ0) is 16.9. The standard InChI is InChI=1S/C19H21NO4/c21-18(20-12-4-9-16(20)19(22)23)11-5-13-24-17-10-3-7-14-6-1-2-8-15(14)17/h1-3,6-8,10,16H,4-5,9,11-13H2,(H,22,23). The molecule has 1 amide bonds. The number of carboxylic acid groups (broad SMARTS) is 1. The molecule has 1 heterocycles. The van der Waals surface area contributed by atoms with E-state index in [1.165, 1.54) is 4.90 Å². The monoisotopic (exact) mass is 327 g/mol. The van der Waals surface area contributed by atoms with Gasteiger partial charge < -0.3 is 14.7 Å². The first-order valence-electron chi connectivity index (χ1n) is 8.29. The van der Waals surface area contributed by atoms with Gasteiger partial charge in [0, 0.05) is 18.4 Å². The number of carbonyl (C=O) groups is 2. The third-order valence-corrected chi connectivity index (χ3v) is 4.40. The van der Waals surface area contributed by atoms with Crippen LogP contribution in [0, 0.1) is 0 Å². The molecule has 0 spiro atoms. The maximum Gasteiger partial charge on any atom is 0.326 e. The smallest absolute Gasteiger partial charge is 0.326 e. The molecule has 0 saturated carbocycles. The minimum absolute atomic E-state index is 0.0959. The maximum atomic E-state index is 12.2. The van der Waals surface area contributed by atoms with E-state index in [-0.39, 0.29) is 5.91 Å². The van der Waals surface area contributed by atoms with Crippen molar-refractivity contribution in [3.63, 3.8) is 0 Å². The second-order valence-corrected chi connectivity index (χ2v) is 6.01. The summed E-state index contributed by atoms with van der Waals surface area (Å²) in [7, 11) is 0. The summed E-state index contributed by atoms with van der Waals surface area (Å²) in [6.07, 6.45) is 2.20. The van der Waals surface area contributed by atoms with E-state index in [2.05, 4.69) is 0 Å². The van der Waals surface area contributed by atoms with Crippen LogP contribution in [0.5, 0.6) is 5.75 Å². The molecule has 5 heteroatoms. The average molecular weight is 327 g/mol. The molecule has 1 N–H and O–H groups in total. The van der Waals surface area contributed by atoms with Crippen LogP contribution in [0.3, 0.4) is 0 Å². The molecule has 1 fully saturated rings. The Bertz CT molecular complexity index is 738. The lowest BCUT2D eigenvalue weighted by molar-refractivity contribution is -0.148. The van der Waals surface area contributed by atoms with Crippen LogP contribution in [-0.4, -0.2) is 41.1 Å². The van der Waals surface area contributed by atoms with Gasteiger partial charge >= 0.3 is 5.97 Å². The molecule has 24 heavy (non-hydrogen) atoms. The molecule has 5 nitrogen and oxygen atoms in total. The number of hydrogen-bond acceptors (Lipinski definition) is 3. The van der Waals surface area contributed by atoms with Gasteiger partial charge in [-0.15, -0.1) is 0 Å². The molecule has 126 valence electrons. The minimum Gasteiger partial charge on any atom is -0.493 e. The van der Waals surface area contributed by atoms with Crippen LogP contribution in [0.1, 0.15) is 25.7 Å². The molecule has 2 aromatic rings. The normalized spacial score (nSPS) is 17.2. The van der Waals surface area contributed by atoms with Gasteiger partial charge in [-0.05, 0) is 30.7 Å². The van der Waals surface area contributed by atoms with Crippen molar-refractivity contribution >= 4 is 22.6 Å². The Balaban J connectivity index is 1.52. The Kier molecular flexibility index (Phi) is 4.99. The number of aliphatic carboxylic acids is 1. The summed E-state index contributed by atoms with van der Waals surface area (Å²) < 4.78 is 5.82. The van der Waals surface area contributed by atoms with E-state index in [4.69, 9.17) is 9.84 Å². The summed E-state index contributed by atoms with van der Waals surface area (Å²) >= 11 is 0. The van der Waals surface area contributed by atoms with Gasteiger partial charge in [-0.2, -0.15) is 0 Å². The molecular weight excluding hydrogens is 306 g/mol. The number of rotatable bonds is 6. The minimum atomic E-state index is -0.909. The number of hydrogen-bond donors (Lipinski definition) is 1. The third kappa shape index (κ3) is 3.50. The highest BCUT2D eigenvalue weighted by Gasteiger charge is 2.33. The molecule has 0 radical (unpaired) electrons. The second kappa shape index (κ2) is 7.34. The van der Waals surface area contributed by atoms with Crippen molar-refractivity contribution in [2.75, 3.05) is 13.2 Å². The molecular formula is C19H21NO4. The molecule has 3 rings (SSSR count). The highest BCUT2D eigenvalue weighted by molar-refractivity contribution is 5.88. The number of fused-ring (bicyclic) bond motifs is 1. The Morgan fingerprint density at radius 1 is 1.17 bits per heavy atom. The Labute approximate surface area is 140 Å². The van der Waals surface area contributed by atoms with E-state index in [0.29, 0.717) is 32.4 Å². The number of amides is 1. The fraction of sp³-hybridized carbons (Fsp3) is 0.368. The molecule has 0 aliphatic carbocycles. The van der Waals surface area contributed by atoms with Gasteiger partial charge in [-0.1, -0.05) is 36.4 Å². The highest BCUT2D eigenvalue weighted by Crippen LogP contribution is 2.25. The van der Waals surface area contributed by atoms with Gasteiger partial charge in [-0.3, -0.25) is 4.79 Å². The van der Waals surface area contributed by atoms with E-state index in [1.807, 2.05) is 42.5 Å². The predicted octanol–water partition coefficient (Wildman–Crippen LogP) is 3.07. The summed E-state index contributed by atoms with van der Waals surface area (Å²) in [5, 5.41) is 11.3. The van der Waals surface area contributed by atoms with E-state index in [1.54, 1.807) is 0 Å². The van der Waals surface area contributed by atoms with E-state index in [9.17, 15) is 9.59 Å². The summed E-state index contributed by atoms with van der Waals surface area (Å²) in [6.45, 7) is 0.977. The van der Waals surface area contributed by atoms with Crippen molar-refractivity contribution < 1.29 is 19.4 Å². The largest absolute Gasteiger partial charge is 0.493 e. The van der Waals surface area contributed by atoms with Crippen LogP contribution in [0.15, 0.2) is 42.5 Å². The SMILES string of the molecule is O=C(O)C1CCCN1C(=O)CCCOc1cccc2ccccc12. The van der Waals surface area contributed by atoms with Gasteiger partial charge in [0.15, 0.2) is 0 Å². The van der Waals surface area contributed by atoms with Gasteiger partial charge in [0.05, 0.1) is 6.61 Å². The molecule has 1 saturated heterocycles. The van der Waals surface area contributed by atoms with Crippen LogP contribution in [0.25, 0.3) is 10.8 Å². The van der Waals surface area contributed by atoms with Crippen molar-refractivity contribution in [3.8, 4) is 5.75 Å². The number of benzene rings is 2. The van der Waals surface area contributed by atoms with Crippen LogP contribution >= 0.6 is 0 Å². The third-order valence-electron chi connectivity index (χ3n) is 4.40. The van der Waals surface area contributed by atoms with Crippen molar-refractivity contribution in [3.05, 3.63) is 42.5 Å². The first-order chi connectivity index (χ1) is 11.7. The Hall–Kier alpha value is -2.56. The van der Waals surface area contributed by atoms with Crippen molar-refractivity contribution in [2.45, 2.75) is 31.7 Å². The number of likely N-dealkylation sites (tertiary alicyclic amines) is 1. The van der Waals surface area contributed by atoms with Crippen LogP contribution < -0.4 is 4.74 Å². The average Bonchev–Trinajstić information content (AvgIpc) is 3.09. The lowest BCUT2D eigenvalue weighted by atomic mass is 10.1. The van der Waals surface area contributed by atoms with Crippen molar-refractivity contribution in [1.82, 2.24) is 4.90 Å². The topological polar surface area (TPSA) is 66.8 Å². The Morgan fingerprint density at radius 2 is 1.96 bits per heavy atom. The summed E-state index contributed by atoms with van der Waals surface area (Å²) in [6, 6.07) is 13.2. The molecule has 0 aromatic heterocycles. The van der Waals surface area contributed by atoms with Crippen LogP contribution in [0.2, 0.25) is 0 Å². The highest BCUT2D eigenvalue weighted by atomic mass is 16.5. The first kappa shape index (κ1) is 16.3.